The van der Waals surface area contributed by atoms with E-state index in [2.05, 4.69) is 4.90 Å². The number of ether oxygens (including phenoxy) is 1. The molecule has 0 radical (unpaired) electrons. The molecule has 1 amide bonds. The van der Waals surface area contributed by atoms with Gasteiger partial charge in [0.25, 0.3) is 0 Å². The predicted molar refractivity (Wildman–Crippen MR) is 77.1 cm³/mol. The minimum atomic E-state index is -0.436. The summed E-state index contributed by atoms with van der Waals surface area (Å²) < 4.78 is 5.38. The average Bonchev–Trinajstić information content (AvgIpc) is 2.29. The normalized spacial score (nSPS) is 21.2. The second-order valence-corrected chi connectivity index (χ2v) is 6.34. The number of rotatable bonds is 4. The van der Waals surface area contributed by atoms with Crippen molar-refractivity contribution in [3.8, 4) is 0 Å². The van der Waals surface area contributed by atoms with E-state index < -0.39 is 5.60 Å². The summed E-state index contributed by atoms with van der Waals surface area (Å²) in [5.41, 5.74) is 5.21. The highest BCUT2D eigenvalue weighted by Crippen LogP contribution is 2.18. The molecule has 5 nitrogen and oxygen atoms in total. The van der Waals surface area contributed by atoms with Crippen LogP contribution in [-0.4, -0.2) is 60.8 Å². The molecule has 2 N–H and O–H groups in total. The lowest BCUT2D eigenvalue weighted by Crippen LogP contribution is -2.49. The fourth-order valence-electron chi connectivity index (χ4n) is 2.46. The van der Waals surface area contributed by atoms with Crippen LogP contribution in [0.15, 0.2) is 0 Å². The third kappa shape index (κ3) is 5.78. The van der Waals surface area contributed by atoms with Gasteiger partial charge >= 0.3 is 6.09 Å². The highest BCUT2D eigenvalue weighted by Gasteiger charge is 2.26. The van der Waals surface area contributed by atoms with Gasteiger partial charge in [0.2, 0.25) is 0 Å². The summed E-state index contributed by atoms with van der Waals surface area (Å²) in [5, 5.41) is 0. The third-order valence-corrected chi connectivity index (χ3v) is 3.36. The van der Waals surface area contributed by atoms with Gasteiger partial charge in [0.15, 0.2) is 0 Å². The number of carbonyl (C=O) groups is 1. The SMILES string of the molecule is CN(C[C@H]1CCCCN1CCN)C(=O)OC(C)(C)C. The van der Waals surface area contributed by atoms with Crippen molar-refractivity contribution in [1.29, 1.82) is 0 Å². The van der Waals surface area contributed by atoms with Crippen LogP contribution >= 0.6 is 0 Å². The number of likely N-dealkylation sites (N-methyl/N-ethyl adjacent to an activating group) is 1. The van der Waals surface area contributed by atoms with Gasteiger partial charge in [-0.25, -0.2) is 4.79 Å². The van der Waals surface area contributed by atoms with Gasteiger partial charge in [0, 0.05) is 32.7 Å². The summed E-state index contributed by atoms with van der Waals surface area (Å²) in [6.07, 6.45) is 3.35. The molecule has 1 heterocycles. The number of nitrogens with zero attached hydrogens (tertiary/aromatic N) is 2. The maximum atomic E-state index is 12.0. The van der Waals surface area contributed by atoms with Crippen LogP contribution in [-0.2, 0) is 4.74 Å². The van der Waals surface area contributed by atoms with Crippen LogP contribution in [0.1, 0.15) is 40.0 Å². The molecule has 1 aliphatic rings. The van der Waals surface area contributed by atoms with E-state index in [1.165, 1.54) is 12.8 Å². The Balaban J connectivity index is 2.49. The van der Waals surface area contributed by atoms with Crippen molar-refractivity contribution < 1.29 is 9.53 Å². The zero-order valence-electron chi connectivity index (χ0n) is 12.8. The molecule has 0 saturated carbocycles. The Bertz CT molecular complexity index is 287. The second kappa shape index (κ2) is 7.10. The van der Waals surface area contributed by atoms with Gasteiger partial charge in [-0.05, 0) is 40.2 Å². The van der Waals surface area contributed by atoms with Crippen LogP contribution in [0.4, 0.5) is 4.79 Å². The fraction of sp³-hybridized carbons (Fsp3) is 0.929. The van der Waals surface area contributed by atoms with E-state index in [1.54, 1.807) is 4.90 Å². The lowest BCUT2D eigenvalue weighted by atomic mass is 10.0. The Morgan fingerprint density at radius 3 is 2.68 bits per heavy atom. The first kappa shape index (κ1) is 16.2. The van der Waals surface area contributed by atoms with Crippen molar-refractivity contribution in [2.24, 2.45) is 5.73 Å². The molecule has 0 aliphatic carbocycles. The first-order valence-electron chi connectivity index (χ1n) is 7.21. The second-order valence-electron chi connectivity index (χ2n) is 6.34. The number of piperidine rings is 1. The summed E-state index contributed by atoms with van der Waals surface area (Å²) in [6.45, 7) is 9.05. The molecular weight excluding hydrogens is 242 g/mol. The Labute approximate surface area is 117 Å². The van der Waals surface area contributed by atoms with Crippen molar-refractivity contribution in [1.82, 2.24) is 9.80 Å². The minimum Gasteiger partial charge on any atom is -0.444 e. The van der Waals surface area contributed by atoms with Gasteiger partial charge in [0.05, 0.1) is 0 Å². The number of amides is 1. The molecule has 1 atom stereocenters. The lowest BCUT2D eigenvalue weighted by Gasteiger charge is -2.37. The van der Waals surface area contributed by atoms with E-state index in [4.69, 9.17) is 10.5 Å². The highest BCUT2D eigenvalue weighted by molar-refractivity contribution is 5.67. The van der Waals surface area contributed by atoms with E-state index in [9.17, 15) is 4.79 Å². The number of hydrogen-bond donors (Lipinski definition) is 1. The predicted octanol–water partition coefficient (Wildman–Crippen LogP) is 1.67. The third-order valence-electron chi connectivity index (χ3n) is 3.36. The van der Waals surface area contributed by atoms with Crippen LogP contribution in [0.5, 0.6) is 0 Å². The maximum absolute atomic E-state index is 12.0. The maximum Gasteiger partial charge on any atom is 0.410 e. The molecular formula is C14H29N3O2. The Hall–Kier alpha value is -0.810. The summed E-state index contributed by atoms with van der Waals surface area (Å²) in [7, 11) is 1.81. The summed E-state index contributed by atoms with van der Waals surface area (Å²) in [4.78, 5) is 16.0. The Morgan fingerprint density at radius 1 is 1.42 bits per heavy atom. The molecule has 0 aromatic carbocycles. The van der Waals surface area contributed by atoms with E-state index in [1.807, 2.05) is 27.8 Å². The summed E-state index contributed by atoms with van der Waals surface area (Å²) in [5.74, 6) is 0. The molecule has 1 aliphatic heterocycles. The van der Waals surface area contributed by atoms with Gasteiger partial charge in [-0.1, -0.05) is 6.42 Å². The molecule has 112 valence electrons. The van der Waals surface area contributed by atoms with E-state index in [0.29, 0.717) is 12.6 Å². The molecule has 1 fully saturated rings. The zero-order chi connectivity index (χ0) is 14.5. The quantitative estimate of drug-likeness (QED) is 0.845. The van der Waals surface area contributed by atoms with Gasteiger partial charge in [-0.3, -0.25) is 4.90 Å². The number of likely N-dealkylation sites (tertiary alicyclic amines) is 1. The molecule has 1 rings (SSSR count). The van der Waals surface area contributed by atoms with Crippen molar-refractivity contribution in [3.05, 3.63) is 0 Å². The van der Waals surface area contributed by atoms with Crippen LogP contribution < -0.4 is 5.73 Å². The number of carbonyl (C=O) groups excluding carboxylic acids is 1. The first-order chi connectivity index (χ1) is 8.83. The van der Waals surface area contributed by atoms with Crippen LogP contribution in [0.25, 0.3) is 0 Å². The van der Waals surface area contributed by atoms with Gasteiger partial charge in [-0.15, -0.1) is 0 Å². The van der Waals surface area contributed by atoms with Crippen LogP contribution in [0, 0.1) is 0 Å². The molecule has 0 aromatic rings. The molecule has 0 aromatic heterocycles. The van der Waals surface area contributed by atoms with Crippen molar-refractivity contribution in [3.63, 3.8) is 0 Å². The van der Waals surface area contributed by atoms with E-state index >= 15 is 0 Å². The van der Waals surface area contributed by atoms with Crippen molar-refractivity contribution >= 4 is 6.09 Å². The standard InChI is InChI=1S/C14H29N3O2/c1-14(2,3)19-13(18)16(4)11-12-7-5-6-9-17(12)10-8-15/h12H,5-11,15H2,1-4H3/t12-/m1/s1. The molecule has 0 unspecified atom stereocenters. The summed E-state index contributed by atoms with van der Waals surface area (Å²) >= 11 is 0. The van der Waals surface area contributed by atoms with Crippen molar-refractivity contribution in [2.75, 3.05) is 33.2 Å². The van der Waals surface area contributed by atoms with Gasteiger partial charge < -0.3 is 15.4 Å². The average molecular weight is 271 g/mol. The minimum absolute atomic E-state index is 0.245. The molecule has 0 spiro atoms. The van der Waals surface area contributed by atoms with Crippen molar-refractivity contribution in [2.45, 2.75) is 51.7 Å². The van der Waals surface area contributed by atoms with Crippen LogP contribution in [0.2, 0.25) is 0 Å². The number of hydrogen-bond acceptors (Lipinski definition) is 4. The molecule has 5 heteroatoms. The number of nitrogens with two attached hydrogens (primary N) is 1. The fourth-order valence-corrected chi connectivity index (χ4v) is 2.46. The van der Waals surface area contributed by atoms with Gasteiger partial charge in [0.1, 0.15) is 5.60 Å². The van der Waals surface area contributed by atoms with Crippen LogP contribution in [0.3, 0.4) is 0 Å². The first-order valence-corrected chi connectivity index (χ1v) is 7.21. The molecule has 19 heavy (non-hydrogen) atoms. The highest BCUT2D eigenvalue weighted by atomic mass is 16.6. The van der Waals surface area contributed by atoms with E-state index in [-0.39, 0.29) is 6.09 Å². The Kier molecular flexibility index (Phi) is 6.07. The van der Waals surface area contributed by atoms with Gasteiger partial charge in [-0.2, -0.15) is 0 Å². The Morgan fingerprint density at radius 2 is 2.11 bits per heavy atom. The van der Waals surface area contributed by atoms with E-state index in [0.717, 1.165) is 26.1 Å². The summed E-state index contributed by atoms with van der Waals surface area (Å²) in [6, 6.07) is 0.412. The largest absolute Gasteiger partial charge is 0.444 e. The molecule has 0 bridgehead atoms. The monoisotopic (exact) mass is 271 g/mol. The smallest absolute Gasteiger partial charge is 0.410 e. The lowest BCUT2D eigenvalue weighted by molar-refractivity contribution is 0.0219. The topological polar surface area (TPSA) is 58.8 Å². The molecule has 1 saturated heterocycles. The zero-order valence-corrected chi connectivity index (χ0v) is 12.8.